The molecule has 0 bridgehead atoms. The van der Waals surface area contributed by atoms with Gasteiger partial charge in [0, 0.05) is 16.8 Å². The van der Waals surface area contributed by atoms with Gasteiger partial charge in [-0.25, -0.2) is 0 Å². The third kappa shape index (κ3) is 4.21. The standard InChI is InChI=1S/C39H31N/c1-39(2)36-16-7-6-14-35(36)38-34(15-9-17-37(38)39)31-12-8-13-33(26-31)40-32-24-22-30(23-25-32)29-20-18-28(19-21-29)27-10-4-3-5-11-27/h3-26,40H,1-2H3. The smallest absolute Gasteiger partial charge is 0.0390 e. The third-order valence-electron chi connectivity index (χ3n) is 8.28. The van der Waals surface area contributed by atoms with Gasteiger partial charge in [0.05, 0.1) is 0 Å². The maximum Gasteiger partial charge on any atom is 0.0390 e. The molecule has 192 valence electrons. The number of hydrogen-bond acceptors (Lipinski definition) is 1. The van der Waals surface area contributed by atoms with Gasteiger partial charge in [-0.15, -0.1) is 0 Å². The van der Waals surface area contributed by atoms with E-state index < -0.39 is 0 Å². The van der Waals surface area contributed by atoms with E-state index in [2.05, 4.69) is 165 Å². The second-order valence-corrected chi connectivity index (χ2v) is 11.1. The van der Waals surface area contributed by atoms with Crippen molar-refractivity contribution in [3.05, 3.63) is 157 Å². The molecule has 0 spiro atoms. The van der Waals surface area contributed by atoms with Crippen LogP contribution < -0.4 is 5.32 Å². The first kappa shape index (κ1) is 24.2. The Labute approximate surface area is 236 Å². The van der Waals surface area contributed by atoms with Crippen molar-refractivity contribution in [2.24, 2.45) is 0 Å². The van der Waals surface area contributed by atoms with Crippen molar-refractivity contribution < 1.29 is 0 Å². The average Bonchev–Trinajstić information content (AvgIpc) is 3.25. The minimum atomic E-state index is 0.00140. The van der Waals surface area contributed by atoms with Crippen LogP contribution in [0.25, 0.3) is 44.5 Å². The monoisotopic (exact) mass is 513 g/mol. The minimum absolute atomic E-state index is 0.00140. The molecule has 1 aliphatic rings. The van der Waals surface area contributed by atoms with Gasteiger partial charge in [0.25, 0.3) is 0 Å². The first-order chi connectivity index (χ1) is 19.6. The molecule has 0 heterocycles. The van der Waals surface area contributed by atoms with Crippen LogP contribution in [0.15, 0.2) is 146 Å². The van der Waals surface area contributed by atoms with Crippen LogP contribution in [0.5, 0.6) is 0 Å². The Kier molecular flexibility index (Phi) is 5.86. The molecule has 0 amide bonds. The van der Waals surface area contributed by atoms with Crippen LogP contribution in [0.1, 0.15) is 25.0 Å². The van der Waals surface area contributed by atoms with Gasteiger partial charge in [-0.05, 0) is 79.9 Å². The highest BCUT2D eigenvalue weighted by atomic mass is 14.9. The summed E-state index contributed by atoms with van der Waals surface area (Å²) in [5.74, 6) is 0. The lowest BCUT2D eigenvalue weighted by atomic mass is 9.82. The zero-order chi connectivity index (χ0) is 27.1. The first-order valence-electron chi connectivity index (χ1n) is 13.9. The summed E-state index contributed by atoms with van der Waals surface area (Å²) in [5.41, 5.74) is 15.1. The first-order valence-corrected chi connectivity index (χ1v) is 13.9. The molecule has 1 nitrogen and oxygen atoms in total. The molecule has 0 saturated heterocycles. The van der Waals surface area contributed by atoms with E-state index in [1.54, 1.807) is 0 Å². The lowest BCUT2D eigenvalue weighted by Gasteiger charge is -2.21. The Morgan fingerprint density at radius 2 is 0.925 bits per heavy atom. The van der Waals surface area contributed by atoms with Gasteiger partial charge >= 0.3 is 0 Å². The molecule has 6 aromatic rings. The topological polar surface area (TPSA) is 12.0 Å². The van der Waals surface area contributed by atoms with E-state index >= 15 is 0 Å². The van der Waals surface area contributed by atoms with E-state index in [1.165, 1.54) is 55.6 Å². The number of benzene rings is 6. The predicted octanol–water partition coefficient (Wildman–Crippen LogP) is 10.7. The lowest BCUT2D eigenvalue weighted by Crippen LogP contribution is -2.14. The Hall–Kier alpha value is -4.88. The molecule has 0 unspecified atom stereocenters. The molecule has 1 N–H and O–H groups in total. The molecule has 1 aliphatic carbocycles. The van der Waals surface area contributed by atoms with Crippen molar-refractivity contribution in [1.29, 1.82) is 0 Å². The van der Waals surface area contributed by atoms with Crippen LogP contribution in [0.3, 0.4) is 0 Å². The SMILES string of the molecule is CC1(C)c2ccccc2-c2c(-c3cccc(Nc4ccc(-c5ccc(-c6ccccc6)cc5)cc4)c3)cccc21. The normalized spacial score (nSPS) is 12.9. The van der Waals surface area contributed by atoms with E-state index in [0.717, 1.165) is 11.4 Å². The zero-order valence-electron chi connectivity index (χ0n) is 22.9. The molecule has 1 heteroatoms. The van der Waals surface area contributed by atoms with Crippen molar-refractivity contribution in [3.63, 3.8) is 0 Å². The molecule has 7 rings (SSSR count). The molecule has 0 radical (unpaired) electrons. The molecule has 0 aliphatic heterocycles. The summed E-state index contributed by atoms with van der Waals surface area (Å²) in [4.78, 5) is 0. The number of nitrogens with one attached hydrogen (secondary N) is 1. The second-order valence-electron chi connectivity index (χ2n) is 11.1. The van der Waals surface area contributed by atoms with Crippen molar-refractivity contribution >= 4 is 11.4 Å². The number of rotatable bonds is 5. The molecule has 40 heavy (non-hydrogen) atoms. The zero-order valence-corrected chi connectivity index (χ0v) is 22.9. The molecule has 0 aromatic heterocycles. The van der Waals surface area contributed by atoms with Gasteiger partial charge < -0.3 is 5.32 Å². The predicted molar refractivity (Wildman–Crippen MR) is 170 cm³/mol. The maximum absolute atomic E-state index is 3.63. The Balaban J connectivity index is 1.14. The number of anilines is 2. The molecule has 0 saturated carbocycles. The van der Waals surface area contributed by atoms with Gasteiger partial charge in [-0.2, -0.15) is 0 Å². The van der Waals surface area contributed by atoms with Crippen LogP contribution >= 0.6 is 0 Å². The van der Waals surface area contributed by atoms with E-state index in [4.69, 9.17) is 0 Å². The summed E-state index contributed by atoms with van der Waals surface area (Å²) in [7, 11) is 0. The van der Waals surface area contributed by atoms with Gasteiger partial charge in [0.1, 0.15) is 0 Å². The van der Waals surface area contributed by atoms with E-state index in [-0.39, 0.29) is 5.41 Å². The fourth-order valence-electron chi connectivity index (χ4n) is 6.16. The molecule has 0 atom stereocenters. The van der Waals surface area contributed by atoms with Crippen molar-refractivity contribution in [2.75, 3.05) is 5.32 Å². The Morgan fingerprint density at radius 3 is 1.65 bits per heavy atom. The summed E-state index contributed by atoms with van der Waals surface area (Å²) in [5, 5.41) is 3.63. The van der Waals surface area contributed by atoms with E-state index in [1.807, 2.05) is 0 Å². The molecule has 6 aromatic carbocycles. The fraction of sp³-hybridized carbons (Fsp3) is 0.0769. The van der Waals surface area contributed by atoms with Crippen LogP contribution in [0, 0.1) is 0 Å². The summed E-state index contributed by atoms with van der Waals surface area (Å²) in [6.45, 7) is 4.67. The maximum atomic E-state index is 3.63. The van der Waals surface area contributed by atoms with Crippen molar-refractivity contribution in [1.82, 2.24) is 0 Å². The molecule has 0 fully saturated rings. The summed E-state index contributed by atoms with van der Waals surface area (Å²) in [6, 6.07) is 52.4. The molecular formula is C39H31N. The quantitative estimate of drug-likeness (QED) is 0.242. The lowest BCUT2D eigenvalue weighted by molar-refractivity contribution is 0.660. The van der Waals surface area contributed by atoms with Crippen molar-refractivity contribution in [3.8, 4) is 44.5 Å². The Bertz CT molecular complexity index is 1810. The molecular weight excluding hydrogens is 482 g/mol. The summed E-state index contributed by atoms with van der Waals surface area (Å²) >= 11 is 0. The Morgan fingerprint density at radius 1 is 0.400 bits per heavy atom. The highest BCUT2D eigenvalue weighted by Gasteiger charge is 2.36. The number of fused-ring (bicyclic) bond motifs is 3. The van der Waals surface area contributed by atoms with Crippen LogP contribution in [-0.4, -0.2) is 0 Å². The minimum Gasteiger partial charge on any atom is -0.356 e. The van der Waals surface area contributed by atoms with Crippen LogP contribution in [-0.2, 0) is 5.41 Å². The van der Waals surface area contributed by atoms with Gasteiger partial charge in [-0.1, -0.05) is 135 Å². The summed E-state index contributed by atoms with van der Waals surface area (Å²) in [6.07, 6.45) is 0. The van der Waals surface area contributed by atoms with Crippen LogP contribution in [0.4, 0.5) is 11.4 Å². The van der Waals surface area contributed by atoms with Gasteiger partial charge in [-0.3, -0.25) is 0 Å². The van der Waals surface area contributed by atoms with E-state index in [0.29, 0.717) is 0 Å². The van der Waals surface area contributed by atoms with Gasteiger partial charge in [0.15, 0.2) is 0 Å². The third-order valence-corrected chi connectivity index (χ3v) is 8.28. The summed E-state index contributed by atoms with van der Waals surface area (Å²) < 4.78 is 0. The highest BCUT2D eigenvalue weighted by molar-refractivity contribution is 5.93. The fourth-order valence-corrected chi connectivity index (χ4v) is 6.16. The second kappa shape index (κ2) is 9.70. The average molecular weight is 514 g/mol. The van der Waals surface area contributed by atoms with Crippen LogP contribution in [0.2, 0.25) is 0 Å². The number of hydrogen-bond donors (Lipinski definition) is 1. The largest absolute Gasteiger partial charge is 0.356 e. The van der Waals surface area contributed by atoms with Gasteiger partial charge in [0.2, 0.25) is 0 Å². The highest BCUT2D eigenvalue weighted by Crippen LogP contribution is 2.52. The van der Waals surface area contributed by atoms with E-state index in [9.17, 15) is 0 Å². The van der Waals surface area contributed by atoms with Crippen molar-refractivity contribution in [2.45, 2.75) is 19.3 Å².